The van der Waals surface area contributed by atoms with Crippen molar-refractivity contribution >= 4 is 24.8 Å². The predicted octanol–water partition coefficient (Wildman–Crippen LogP) is 3.74. The van der Waals surface area contributed by atoms with Crippen molar-refractivity contribution < 1.29 is 8.78 Å². The maximum atomic E-state index is 13.6. The van der Waals surface area contributed by atoms with Crippen LogP contribution in [0.2, 0.25) is 0 Å². The van der Waals surface area contributed by atoms with E-state index in [1.807, 2.05) is 47.5 Å². The van der Waals surface area contributed by atoms with E-state index in [2.05, 4.69) is 20.2 Å². The highest BCUT2D eigenvalue weighted by Gasteiger charge is 2.44. The summed E-state index contributed by atoms with van der Waals surface area (Å²) >= 11 is 0. The Labute approximate surface area is 199 Å². The molecule has 1 aliphatic carbocycles. The molecule has 1 saturated carbocycles. The van der Waals surface area contributed by atoms with Gasteiger partial charge in [-0.05, 0) is 49.3 Å². The van der Waals surface area contributed by atoms with Crippen LogP contribution in [0.3, 0.4) is 0 Å². The molecule has 1 aromatic carbocycles. The fourth-order valence-corrected chi connectivity index (χ4v) is 5.20. The van der Waals surface area contributed by atoms with Crippen LogP contribution in [0, 0.1) is 5.41 Å². The summed E-state index contributed by atoms with van der Waals surface area (Å²) in [6.07, 6.45) is 6.77. The second-order valence-corrected chi connectivity index (χ2v) is 10.0. The largest absolute Gasteiger partial charge is 0.371 e. The van der Waals surface area contributed by atoms with Crippen molar-refractivity contribution in [1.82, 2.24) is 20.0 Å². The minimum absolute atomic E-state index is 0.149. The van der Waals surface area contributed by atoms with Gasteiger partial charge in [-0.1, -0.05) is 28.9 Å². The van der Waals surface area contributed by atoms with Crippen LogP contribution in [0.1, 0.15) is 38.5 Å². The molecular formula is C25H27BF2N6. The van der Waals surface area contributed by atoms with Crippen LogP contribution >= 0.6 is 0 Å². The minimum Gasteiger partial charge on any atom is -0.371 e. The lowest BCUT2D eigenvalue weighted by atomic mass is 9.90. The van der Waals surface area contributed by atoms with Gasteiger partial charge in [0, 0.05) is 50.3 Å². The second kappa shape index (κ2) is 8.06. The smallest absolute Gasteiger partial charge is 0.251 e. The van der Waals surface area contributed by atoms with Crippen molar-refractivity contribution in [2.45, 2.75) is 44.4 Å². The van der Waals surface area contributed by atoms with Crippen LogP contribution in [0.4, 0.5) is 20.3 Å². The number of alkyl halides is 2. The highest BCUT2D eigenvalue weighted by molar-refractivity contribution is 6.32. The van der Waals surface area contributed by atoms with Crippen LogP contribution < -0.4 is 15.3 Å². The first-order valence-corrected chi connectivity index (χ1v) is 12.1. The van der Waals surface area contributed by atoms with Crippen LogP contribution in [0.25, 0.3) is 17.1 Å². The standard InChI is InChI=1S/C25H27BF2N6/c26-18-4-5-19(21(16-18)32-12-8-24(6-7-24)9-13-32)20-17-34(31-30-20)23-3-1-2-22(29-23)33-14-10-25(27,28)11-15-33/h1-5,16-17H,6-15H2. The molecule has 2 saturated heterocycles. The highest BCUT2D eigenvalue weighted by Crippen LogP contribution is 2.54. The minimum atomic E-state index is -2.58. The van der Waals surface area contributed by atoms with Crippen molar-refractivity contribution in [2.24, 2.45) is 5.41 Å². The SMILES string of the molecule is [B]c1ccc(-c2cn(-c3cccc(N4CCC(F)(F)CC4)n3)nn2)c(N2CCC3(CC2)CC3)c1. The summed E-state index contributed by atoms with van der Waals surface area (Å²) in [6.45, 7) is 2.64. The Morgan fingerprint density at radius 3 is 2.26 bits per heavy atom. The molecule has 2 radical (unpaired) electrons. The van der Waals surface area contributed by atoms with Crippen LogP contribution in [-0.2, 0) is 0 Å². The summed E-state index contributed by atoms with van der Waals surface area (Å²) in [5.41, 5.74) is 4.19. The van der Waals surface area contributed by atoms with Gasteiger partial charge in [-0.25, -0.2) is 18.4 Å². The predicted molar refractivity (Wildman–Crippen MR) is 129 cm³/mol. The Morgan fingerprint density at radius 1 is 0.824 bits per heavy atom. The number of hydrogen-bond acceptors (Lipinski definition) is 5. The van der Waals surface area contributed by atoms with Crippen LogP contribution in [0.15, 0.2) is 42.6 Å². The van der Waals surface area contributed by atoms with Gasteiger partial charge < -0.3 is 9.80 Å². The third-order valence-corrected chi connectivity index (χ3v) is 7.69. The number of piperidine rings is 2. The monoisotopic (exact) mass is 460 g/mol. The average Bonchev–Trinajstić information content (AvgIpc) is 3.40. The van der Waals surface area contributed by atoms with Gasteiger partial charge in [0.1, 0.15) is 19.4 Å². The molecule has 2 aromatic heterocycles. The van der Waals surface area contributed by atoms with Gasteiger partial charge in [0.25, 0.3) is 5.92 Å². The van der Waals surface area contributed by atoms with E-state index >= 15 is 0 Å². The number of hydrogen-bond donors (Lipinski definition) is 0. The van der Waals surface area contributed by atoms with Gasteiger partial charge in [-0.15, -0.1) is 5.10 Å². The molecule has 0 N–H and O–H groups in total. The van der Waals surface area contributed by atoms with E-state index in [1.165, 1.54) is 25.7 Å². The Kier molecular flexibility index (Phi) is 5.11. The molecule has 3 aromatic rings. The third-order valence-electron chi connectivity index (χ3n) is 7.69. The van der Waals surface area contributed by atoms with Crippen molar-refractivity contribution in [3.8, 4) is 17.1 Å². The molecular weight excluding hydrogens is 433 g/mol. The fourth-order valence-electron chi connectivity index (χ4n) is 5.20. The maximum Gasteiger partial charge on any atom is 0.251 e. The molecule has 34 heavy (non-hydrogen) atoms. The molecule has 0 unspecified atom stereocenters. The lowest BCUT2D eigenvalue weighted by Gasteiger charge is -2.35. The molecule has 6 rings (SSSR count). The third kappa shape index (κ3) is 4.16. The molecule has 0 atom stereocenters. The molecule has 6 nitrogen and oxygen atoms in total. The fraction of sp³-hybridized carbons (Fsp3) is 0.480. The first kappa shape index (κ1) is 21.6. The Hall–Kier alpha value is -2.97. The van der Waals surface area contributed by atoms with E-state index in [-0.39, 0.29) is 25.9 Å². The van der Waals surface area contributed by atoms with Gasteiger partial charge in [-0.2, -0.15) is 0 Å². The van der Waals surface area contributed by atoms with Crippen molar-refractivity contribution in [2.75, 3.05) is 36.0 Å². The zero-order valence-electron chi connectivity index (χ0n) is 19.1. The quantitative estimate of drug-likeness (QED) is 0.556. The number of aromatic nitrogens is 4. The summed E-state index contributed by atoms with van der Waals surface area (Å²) in [6, 6.07) is 11.5. The van der Waals surface area contributed by atoms with Crippen molar-refractivity contribution in [3.63, 3.8) is 0 Å². The van der Waals surface area contributed by atoms with Gasteiger partial charge in [0.2, 0.25) is 0 Å². The number of pyridine rings is 1. The number of nitrogens with zero attached hydrogens (tertiary/aromatic N) is 6. The molecule has 1 spiro atoms. The second-order valence-electron chi connectivity index (χ2n) is 10.0. The first-order valence-electron chi connectivity index (χ1n) is 12.1. The number of anilines is 2. The van der Waals surface area contributed by atoms with Crippen molar-refractivity contribution in [3.05, 3.63) is 42.6 Å². The Morgan fingerprint density at radius 2 is 1.53 bits per heavy atom. The summed E-state index contributed by atoms with van der Waals surface area (Å²) in [4.78, 5) is 9.00. The Bertz CT molecular complexity index is 1190. The zero-order valence-corrected chi connectivity index (χ0v) is 19.1. The summed E-state index contributed by atoms with van der Waals surface area (Å²) < 4.78 is 28.8. The van der Waals surface area contributed by atoms with E-state index in [4.69, 9.17) is 7.85 Å². The van der Waals surface area contributed by atoms with Gasteiger partial charge in [0.05, 0.1) is 6.20 Å². The van der Waals surface area contributed by atoms with Gasteiger partial charge in [-0.3, -0.25) is 0 Å². The topological polar surface area (TPSA) is 50.1 Å². The lowest BCUT2D eigenvalue weighted by Crippen LogP contribution is -2.39. The number of halogens is 2. The normalized spacial score (nSPS) is 21.1. The molecule has 0 bridgehead atoms. The molecule has 9 heteroatoms. The van der Waals surface area contributed by atoms with E-state index in [1.54, 1.807) is 4.68 Å². The number of benzene rings is 1. The van der Waals surface area contributed by atoms with E-state index < -0.39 is 5.92 Å². The lowest BCUT2D eigenvalue weighted by molar-refractivity contribution is -0.0221. The highest BCUT2D eigenvalue weighted by atomic mass is 19.3. The number of rotatable bonds is 4. The van der Waals surface area contributed by atoms with E-state index in [9.17, 15) is 8.78 Å². The van der Waals surface area contributed by atoms with Crippen molar-refractivity contribution in [1.29, 1.82) is 0 Å². The summed E-state index contributed by atoms with van der Waals surface area (Å²) in [5, 5.41) is 8.77. The molecule has 4 heterocycles. The molecule has 2 aliphatic heterocycles. The molecule has 3 aliphatic rings. The maximum absolute atomic E-state index is 13.6. The Balaban J connectivity index is 1.25. The van der Waals surface area contributed by atoms with Crippen LogP contribution in [-0.4, -0.2) is 59.9 Å². The van der Waals surface area contributed by atoms with E-state index in [0.29, 0.717) is 17.1 Å². The van der Waals surface area contributed by atoms with E-state index in [0.717, 1.165) is 35.5 Å². The average molecular weight is 460 g/mol. The molecule has 0 amide bonds. The zero-order chi connectivity index (χ0) is 23.3. The van der Waals surface area contributed by atoms with Gasteiger partial charge >= 0.3 is 0 Å². The molecule has 174 valence electrons. The first-order chi connectivity index (χ1) is 16.4. The van der Waals surface area contributed by atoms with Gasteiger partial charge in [0.15, 0.2) is 5.82 Å². The summed E-state index contributed by atoms with van der Waals surface area (Å²) in [7, 11) is 6.15. The molecule has 3 fully saturated rings. The van der Waals surface area contributed by atoms with Crippen LogP contribution in [0.5, 0.6) is 0 Å². The summed E-state index contributed by atoms with van der Waals surface area (Å²) in [5.74, 6) is -1.29.